The van der Waals surface area contributed by atoms with Crippen LogP contribution >= 0.6 is 0 Å². The van der Waals surface area contributed by atoms with E-state index < -0.39 is 11.8 Å². The third-order valence-electron chi connectivity index (χ3n) is 4.13. The Morgan fingerprint density at radius 1 is 1.20 bits per heavy atom. The highest BCUT2D eigenvalue weighted by molar-refractivity contribution is 6.35. The second kappa shape index (κ2) is 10.2. The van der Waals surface area contributed by atoms with Gasteiger partial charge >= 0.3 is 11.8 Å². The summed E-state index contributed by atoms with van der Waals surface area (Å²) in [5, 5.41) is 5.25. The molecule has 1 aromatic carbocycles. The smallest absolute Gasteiger partial charge is 0.309 e. The Morgan fingerprint density at radius 2 is 1.96 bits per heavy atom. The molecule has 25 heavy (non-hydrogen) atoms. The van der Waals surface area contributed by atoms with E-state index in [1.54, 1.807) is 0 Å². The number of hydrogen-bond donors (Lipinski definition) is 2. The van der Waals surface area contributed by atoms with Gasteiger partial charge in [-0.05, 0) is 38.8 Å². The molecule has 6 heteroatoms. The molecule has 6 nitrogen and oxygen atoms in total. The van der Waals surface area contributed by atoms with Gasteiger partial charge in [0, 0.05) is 25.7 Å². The first-order chi connectivity index (χ1) is 12.1. The molecule has 1 fully saturated rings. The van der Waals surface area contributed by atoms with Gasteiger partial charge in [0.25, 0.3) is 0 Å². The highest BCUT2D eigenvalue weighted by Crippen LogP contribution is 2.21. The van der Waals surface area contributed by atoms with E-state index in [1.807, 2.05) is 32.0 Å². The van der Waals surface area contributed by atoms with Crippen molar-refractivity contribution in [1.29, 1.82) is 0 Å². The van der Waals surface area contributed by atoms with Crippen LogP contribution in [-0.4, -0.2) is 55.5 Å². The summed E-state index contributed by atoms with van der Waals surface area (Å²) < 4.78 is 5.87. The molecule has 138 valence electrons. The van der Waals surface area contributed by atoms with Crippen LogP contribution in [0.2, 0.25) is 0 Å². The Balaban J connectivity index is 1.62. The molecule has 1 saturated heterocycles. The Bertz CT molecular complexity index is 548. The van der Waals surface area contributed by atoms with E-state index in [-0.39, 0.29) is 12.1 Å². The Labute approximate surface area is 149 Å². The van der Waals surface area contributed by atoms with Crippen LogP contribution in [0.25, 0.3) is 0 Å². The van der Waals surface area contributed by atoms with Crippen LogP contribution in [0, 0.1) is 0 Å². The summed E-state index contributed by atoms with van der Waals surface area (Å²) in [7, 11) is 0. The van der Waals surface area contributed by atoms with Crippen molar-refractivity contribution < 1.29 is 14.3 Å². The van der Waals surface area contributed by atoms with Crippen molar-refractivity contribution in [3.63, 3.8) is 0 Å². The first-order valence-corrected chi connectivity index (χ1v) is 9.04. The summed E-state index contributed by atoms with van der Waals surface area (Å²) in [5.74, 6) is -1.11. The Morgan fingerprint density at radius 3 is 2.68 bits per heavy atom. The molecule has 0 bridgehead atoms. The topological polar surface area (TPSA) is 70.7 Å². The first-order valence-electron chi connectivity index (χ1n) is 9.04. The Hall–Kier alpha value is -1.92. The van der Waals surface area contributed by atoms with Crippen molar-refractivity contribution >= 4 is 11.8 Å². The third kappa shape index (κ3) is 6.84. The molecule has 0 saturated carbocycles. The highest BCUT2D eigenvalue weighted by Gasteiger charge is 2.21. The molecule has 2 amide bonds. The van der Waals surface area contributed by atoms with E-state index in [0.717, 1.165) is 39.1 Å². The van der Waals surface area contributed by atoms with Crippen molar-refractivity contribution in [1.82, 2.24) is 15.5 Å². The zero-order valence-corrected chi connectivity index (χ0v) is 15.2. The van der Waals surface area contributed by atoms with Crippen molar-refractivity contribution in [3.8, 4) is 0 Å². The molecular weight excluding hydrogens is 318 g/mol. The molecule has 0 unspecified atom stereocenters. The average molecular weight is 347 g/mol. The van der Waals surface area contributed by atoms with Gasteiger partial charge in [-0.15, -0.1) is 0 Å². The minimum atomic E-state index is -0.561. The fourth-order valence-corrected chi connectivity index (χ4v) is 2.85. The fraction of sp³-hybridized carbons (Fsp3) is 0.579. The van der Waals surface area contributed by atoms with Gasteiger partial charge in [-0.3, -0.25) is 14.5 Å². The summed E-state index contributed by atoms with van der Waals surface area (Å²) in [6.45, 7) is 7.73. The van der Waals surface area contributed by atoms with E-state index in [4.69, 9.17) is 4.74 Å². The molecule has 1 atom stereocenters. The number of carbonyl (C=O) groups excluding carboxylic acids is 2. The van der Waals surface area contributed by atoms with Gasteiger partial charge in [-0.25, -0.2) is 0 Å². The molecule has 1 aromatic rings. The highest BCUT2D eigenvalue weighted by atomic mass is 16.5. The largest absolute Gasteiger partial charge is 0.371 e. The average Bonchev–Trinajstić information content (AvgIpc) is 2.61. The zero-order chi connectivity index (χ0) is 18.1. The fourth-order valence-electron chi connectivity index (χ4n) is 2.85. The molecule has 1 aliphatic heterocycles. The van der Waals surface area contributed by atoms with Crippen molar-refractivity contribution in [2.24, 2.45) is 0 Å². The molecule has 2 rings (SSSR count). The number of amides is 2. The van der Waals surface area contributed by atoms with Crippen LogP contribution in [0.5, 0.6) is 0 Å². The molecule has 1 heterocycles. The molecule has 0 radical (unpaired) electrons. The Kier molecular flexibility index (Phi) is 7.88. The lowest BCUT2D eigenvalue weighted by atomic mass is 10.1. The van der Waals surface area contributed by atoms with Gasteiger partial charge in [0.05, 0.1) is 12.7 Å². The van der Waals surface area contributed by atoms with Crippen molar-refractivity contribution in [3.05, 3.63) is 35.9 Å². The minimum Gasteiger partial charge on any atom is -0.371 e. The summed E-state index contributed by atoms with van der Waals surface area (Å²) in [6.07, 6.45) is 1.97. The first kappa shape index (κ1) is 19.4. The number of benzene rings is 1. The number of unbranched alkanes of at least 4 members (excludes halogenated alkanes) is 1. The van der Waals surface area contributed by atoms with Crippen LogP contribution in [0.15, 0.2) is 30.3 Å². The molecule has 0 aromatic heterocycles. The standard InChI is InChI=1S/C19H29N3O3/c1-15(2)21-19(24)18(23)20-10-6-7-11-22-12-13-25-17(14-22)16-8-4-3-5-9-16/h3-5,8-9,15,17H,6-7,10-14H2,1-2H3,(H,20,23)(H,21,24)/t17-/m0/s1. The van der Waals surface area contributed by atoms with Gasteiger partial charge in [0.2, 0.25) is 0 Å². The van der Waals surface area contributed by atoms with Gasteiger partial charge < -0.3 is 15.4 Å². The van der Waals surface area contributed by atoms with Gasteiger partial charge in [-0.1, -0.05) is 30.3 Å². The predicted molar refractivity (Wildman–Crippen MR) is 97.1 cm³/mol. The van der Waals surface area contributed by atoms with E-state index in [0.29, 0.717) is 6.54 Å². The van der Waals surface area contributed by atoms with Crippen LogP contribution in [-0.2, 0) is 14.3 Å². The van der Waals surface area contributed by atoms with Crippen molar-refractivity contribution in [2.45, 2.75) is 38.8 Å². The number of hydrogen-bond acceptors (Lipinski definition) is 4. The summed E-state index contributed by atoms with van der Waals surface area (Å²) in [4.78, 5) is 25.5. The minimum absolute atomic E-state index is 0.0304. The molecule has 0 aliphatic carbocycles. The lowest BCUT2D eigenvalue weighted by molar-refractivity contribution is -0.139. The number of carbonyl (C=O) groups is 2. The van der Waals surface area contributed by atoms with E-state index in [1.165, 1.54) is 5.56 Å². The maximum atomic E-state index is 11.6. The molecular formula is C19H29N3O3. The molecule has 1 aliphatic rings. The van der Waals surface area contributed by atoms with Crippen molar-refractivity contribution in [2.75, 3.05) is 32.8 Å². The lowest BCUT2D eigenvalue weighted by Crippen LogP contribution is -2.43. The molecule has 2 N–H and O–H groups in total. The van der Waals surface area contributed by atoms with Crippen LogP contribution in [0.1, 0.15) is 38.4 Å². The van der Waals surface area contributed by atoms with E-state index in [2.05, 4.69) is 27.7 Å². The van der Waals surface area contributed by atoms with E-state index in [9.17, 15) is 9.59 Å². The SMILES string of the molecule is CC(C)NC(=O)C(=O)NCCCCN1CCO[C@H](c2ccccc2)C1. The summed E-state index contributed by atoms with van der Waals surface area (Å²) in [5.41, 5.74) is 1.22. The zero-order valence-electron chi connectivity index (χ0n) is 15.2. The maximum absolute atomic E-state index is 11.6. The lowest BCUT2D eigenvalue weighted by Gasteiger charge is -2.33. The maximum Gasteiger partial charge on any atom is 0.309 e. The van der Waals surface area contributed by atoms with Gasteiger partial charge in [-0.2, -0.15) is 0 Å². The predicted octanol–water partition coefficient (Wildman–Crippen LogP) is 1.48. The third-order valence-corrected chi connectivity index (χ3v) is 4.13. The number of nitrogens with zero attached hydrogens (tertiary/aromatic N) is 1. The van der Waals surface area contributed by atoms with Crippen LogP contribution < -0.4 is 10.6 Å². The normalized spacial score (nSPS) is 18.1. The van der Waals surface area contributed by atoms with Crippen LogP contribution in [0.3, 0.4) is 0 Å². The number of nitrogens with one attached hydrogen (secondary N) is 2. The summed E-state index contributed by atoms with van der Waals surface area (Å²) >= 11 is 0. The second-order valence-corrected chi connectivity index (χ2v) is 6.66. The van der Waals surface area contributed by atoms with E-state index >= 15 is 0 Å². The number of ether oxygens (including phenoxy) is 1. The summed E-state index contributed by atoms with van der Waals surface area (Å²) in [6, 6.07) is 10.3. The monoisotopic (exact) mass is 347 g/mol. The second-order valence-electron chi connectivity index (χ2n) is 6.66. The van der Waals surface area contributed by atoms with Crippen LogP contribution in [0.4, 0.5) is 0 Å². The van der Waals surface area contributed by atoms with Gasteiger partial charge in [0.15, 0.2) is 0 Å². The molecule has 0 spiro atoms. The number of rotatable bonds is 7. The quantitative estimate of drug-likeness (QED) is 0.579. The number of morpholine rings is 1. The van der Waals surface area contributed by atoms with Gasteiger partial charge in [0.1, 0.15) is 0 Å².